The van der Waals surface area contributed by atoms with Crippen molar-refractivity contribution in [3.63, 3.8) is 0 Å². The first-order valence-corrected chi connectivity index (χ1v) is 8.66. The van der Waals surface area contributed by atoms with Gasteiger partial charge in [0.05, 0.1) is 6.20 Å². The molecular formula is C18H20N6O2. The minimum atomic E-state index is -0.200. The first kappa shape index (κ1) is 16.3. The number of nitrogens with zero attached hydrogens (tertiary/aromatic N) is 3. The third-order valence-corrected chi connectivity index (χ3v) is 4.83. The van der Waals surface area contributed by atoms with Gasteiger partial charge in [-0.1, -0.05) is 18.2 Å². The number of carbonyl (C=O) groups excluding carboxylic acids is 1. The first-order chi connectivity index (χ1) is 12.6. The number of H-pyrrole nitrogens is 2. The molecule has 1 amide bonds. The molecule has 0 aliphatic carbocycles. The van der Waals surface area contributed by atoms with E-state index in [9.17, 15) is 9.59 Å². The molecule has 0 spiro atoms. The normalized spacial score (nSPS) is 15.3. The number of aromatic nitrogens is 4. The van der Waals surface area contributed by atoms with Crippen LogP contribution in [0.15, 0.2) is 35.3 Å². The van der Waals surface area contributed by atoms with E-state index >= 15 is 0 Å². The van der Waals surface area contributed by atoms with Crippen molar-refractivity contribution in [3.8, 4) is 0 Å². The van der Waals surface area contributed by atoms with Crippen molar-refractivity contribution in [2.75, 3.05) is 18.0 Å². The molecule has 0 unspecified atom stereocenters. The Hall–Kier alpha value is -3.16. The molecular weight excluding hydrogens is 332 g/mol. The van der Waals surface area contributed by atoms with Gasteiger partial charge in [0.15, 0.2) is 5.65 Å². The number of aromatic amines is 2. The summed E-state index contributed by atoms with van der Waals surface area (Å²) in [5, 5.41) is 10.2. The molecule has 134 valence electrons. The zero-order chi connectivity index (χ0) is 18.1. The van der Waals surface area contributed by atoms with Crippen molar-refractivity contribution in [1.29, 1.82) is 0 Å². The smallest absolute Gasteiger partial charge is 0.263 e. The van der Waals surface area contributed by atoms with Crippen molar-refractivity contribution < 1.29 is 4.79 Å². The van der Waals surface area contributed by atoms with Gasteiger partial charge in [0, 0.05) is 24.7 Å². The van der Waals surface area contributed by atoms with Crippen LogP contribution < -0.4 is 15.8 Å². The van der Waals surface area contributed by atoms with Crippen LogP contribution in [0.4, 0.5) is 5.95 Å². The van der Waals surface area contributed by atoms with Crippen LogP contribution >= 0.6 is 0 Å². The predicted molar refractivity (Wildman–Crippen MR) is 98.4 cm³/mol. The standard InChI is InChI=1S/C18H20N6O2/c1-11-4-2-3-5-13(11)16(25)20-12-6-8-24(9-7-12)18-21-15-14(10-19-23-15)17(26)22-18/h2-5,10,12H,6-9H2,1H3,(H,20,25)(H2,19,21,22,23,26). The number of fused-ring (bicyclic) bond motifs is 1. The molecule has 0 radical (unpaired) electrons. The summed E-state index contributed by atoms with van der Waals surface area (Å²) in [6.07, 6.45) is 3.06. The molecule has 8 nitrogen and oxygen atoms in total. The van der Waals surface area contributed by atoms with Gasteiger partial charge in [0.2, 0.25) is 5.95 Å². The van der Waals surface area contributed by atoms with Gasteiger partial charge in [-0.3, -0.25) is 19.7 Å². The fourth-order valence-electron chi connectivity index (χ4n) is 3.31. The molecule has 2 aromatic heterocycles. The summed E-state index contributed by atoms with van der Waals surface area (Å²) in [6, 6.07) is 7.69. The van der Waals surface area contributed by atoms with Crippen LogP contribution in [0.3, 0.4) is 0 Å². The van der Waals surface area contributed by atoms with Gasteiger partial charge >= 0.3 is 0 Å². The van der Waals surface area contributed by atoms with Gasteiger partial charge in [-0.05, 0) is 31.4 Å². The van der Waals surface area contributed by atoms with Crippen LogP contribution in [0, 0.1) is 6.92 Å². The number of aryl methyl sites for hydroxylation is 1. The van der Waals surface area contributed by atoms with Crippen LogP contribution in [0.2, 0.25) is 0 Å². The van der Waals surface area contributed by atoms with E-state index in [4.69, 9.17) is 0 Å². The average molecular weight is 352 g/mol. The van der Waals surface area contributed by atoms with Gasteiger partial charge in [-0.15, -0.1) is 0 Å². The van der Waals surface area contributed by atoms with E-state index in [2.05, 4.69) is 25.5 Å². The Kier molecular flexibility index (Phi) is 4.16. The second kappa shape index (κ2) is 6.62. The molecule has 1 aliphatic rings. The molecule has 0 atom stereocenters. The van der Waals surface area contributed by atoms with Gasteiger partial charge in [0.25, 0.3) is 11.5 Å². The lowest BCUT2D eigenvalue weighted by Crippen LogP contribution is -2.45. The minimum absolute atomic E-state index is 0.0352. The molecule has 1 saturated heterocycles. The lowest BCUT2D eigenvalue weighted by atomic mass is 10.0. The van der Waals surface area contributed by atoms with E-state index in [0.717, 1.165) is 18.4 Å². The van der Waals surface area contributed by atoms with E-state index in [0.29, 0.717) is 35.6 Å². The monoisotopic (exact) mass is 352 g/mol. The predicted octanol–water partition coefficient (Wildman–Crippen LogP) is 1.35. The number of hydrogen-bond acceptors (Lipinski definition) is 5. The van der Waals surface area contributed by atoms with Crippen molar-refractivity contribution in [1.82, 2.24) is 25.5 Å². The van der Waals surface area contributed by atoms with Gasteiger partial charge < -0.3 is 10.2 Å². The highest BCUT2D eigenvalue weighted by atomic mass is 16.1. The largest absolute Gasteiger partial charge is 0.349 e. The van der Waals surface area contributed by atoms with Crippen molar-refractivity contribution >= 4 is 22.9 Å². The molecule has 3 aromatic rings. The molecule has 1 aliphatic heterocycles. The van der Waals surface area contributed by atoms with Crippen LogP contribution in [0.5, 0.6) is 0 Å². The van der Waals surface area contributed by atoms with Crippen LogP contribution in [-0.2, 0) is 0 Å². The van der Waals surface area contributed by atoms with Crippen LogP contribution in [-0.4, -0.2) is 45.2 Å². The molecule has 4 rings (SSSR count). The lowest BCUT2D eigenvalue weighted by Gasteiger charge is -2.32. The average Bonchev–Trinajstić information content (AvgIpc) is 3.12. The Labute approximate surface area is 149 Å². The highest BCUT2D eigenvalue weighted by Gasteiger charge is 2.23. The zero-order valence-corrected chi connectivity index (χ0v) is 14.5. The second-order valence-corrected chi connectivity index (χ2v) is 6.57. The highest BCUT2D eigenvalue weighted by Crippen LogP contribution is 2.17. The highest BCUT2D eigenvalue weighted by molar-refractivity contribution is 5.95. The van der Waals surface area contributed by atoms with E-state index in [-0.39, 0.29) is 17.5 Å². The number of amides is 1. The summed E-state index contributed by atoms with van der Waals surface area (Å²) in [7, 11) is 0. The Balaban J connectivity index is 1.41. The Bertz CT molecular complexity index is 1000. The SMILES string of the molecule is Cc1ccccc1C(=O)NC1CCN(c2nc3[nH]ncc3c(=O)[nH]2)CC1. The number of carbonyl (C=O) groups is 1. The quantitative estimate of drug-likeness (QED) is 0.660. The van der Waals surface area contributed by atoms with Crippen LogP contribution in [0.1, 0.15) is 28.8 Å². The molecule has 1 fully saturated rings. The molecule has 3 N–H and O–H groups in total. The van der Waals surface area contributed by atoms with E-state index in [1.165, 1.54) is 6.20 Å². The Morgan fingerprint density at radius 2 is 2.04 bits per heavy atom. The number of hydrogen-bond donors (Lipinski definition) is 3. The minimum Gasteiger partial charge on any atom is -0.349 e. The maximum absolute atomic E-state index is 12.5. The summed E-state index contributed by atoms with van der Waals surface area (Å²) in [6.45, 7) is 3.35. The van der Waals surface area contributed by atoms with Crippen molar-refractivity contribution in [3.05, 3.63) is 51.9 Å². The number of benzene rings is 1. The summed E-state index contributed by atoms with van der Waals surface area (Å²) < 4.78 is 0. The van der Waals surface area contributed by atoms with Crippen molar-refractivity contribution in [2.24, 2.45) is 0 Å². The number of piperidine rings is 1. The summed E-state index contributed by atoms with van der Waals surface area (Å²) in [5.41, 5.74) is 1.97. The lowest BCUT2D eigenvalue weighted by molar-refractivity contribution is 0.0930. The molecule has 3 heterocycles. The fraction of sp³-hybridized carbons (Fsp3) is 0.333. The number of nitrogens with one attached hydrogen (secondary N) is 3. The summed E-state index contributed by atoms with van der Waals surface area (Å²) in [4.78, 5) is 33.8. The van der Waals surface area contributed by atoms with Gasteiger partial charge in [0.1, 0.15) is 5.39 Å². The van der Waals surface area contributed by atoms with Crippen LogP contribution in [0.25, 0.3) is 11.0 Å². The third-order valence-electron chi connectivity index (χ3n) is 4.83. The molecule has 0 saturated carbocycles. The first-order valence-electron chi connectivity index (χ1n) is 8.66. The molecule has 8 heteroatoms. The summed E-state index contributed by atoms with van der Waals surface area (Å²) >= 11 is 0. The maximum atomic E-state index is 12.5. The topological polar surface area (TPSA) is 107 Å². The Morgan fingerprint density at radius 3 is 2.81 bits per heavy atom. The van der Waals surface area contributed by atoms with Gasteiger partial charge in [-0.2, -0.15) is 10.1 Å². The van der Waals surface area contributed by atoms with Crippen molar-refractivity contribution in [2.45, 2.75) is 25.8 Å². The molecule has 0 bridgehead atoms. The maximum Gasteiger partial charge on any atom is 0.263 e. The van der Waals surface area contributed by atoms with E-state index in [1.54, 1.807) is 0 Å². The molecule has 26 heavy (non-hydrogen) atoms. The zero-order valence-electron chi connectivity index (χ0n) is 14.5. The van der Waals surface area contributed by atoms with Gasteiger partial charge in [-0.25, -0.2) is 0 Å². The summed E-state index contributed by atoms with van der Waals surface area (Å²) in [5.74, 6) is 0.502. The second-order valence-electron chi connectivity index (χ2n) is 6.57. The number of rotatable bonds is 3. The third kappa shape index (κ3) is 3.05. The number of anilines is 1. The van der Waals surface area contributed by atoms with E-state index in [1.807, 2.05) is 36.1 Å². The Morgan fingerprint density at radius 1 is 1.27 bits per heavy atom. The molecule has 1 aromatic carbocycles. The van der Waals surface area contributed by atoms with E-state index < -0.39 is 0 Å². The fourth-order valence-corrected chi connectivity index (χ4v) is 3.31.